The second-order valence-corrected chi connectivity index (χ2v) is 4.70. The molecule has 1 aromatic heterocycles. The maximum atomic E-state index is 4.60. The quantitative estimate of drug-likeness (QED) is 0.801. The molecule has 1 aliphatic rings. The molecular weight excluding hydrogens is 184 g/mol. The summed E-state index contributed by atoms with van der Waals surface area (Å²) in [5.74, 6) is 1.26. The van der Waals surface area contributed by atoms with Gasteiger partial charge in [-0.3, -0.25) is 4.98 Å². The van der Waals surface area contributed by atoms with Gasteiger partial charge in [0.15, 0.2) is 0 Å². The van der Waals surface area contributed by atoms with Gasteiger partial charge in [0, 0.05) is 17.8 Å². The first kappa shape index (κ1) is 10.6. The average Bonchev–Trinajstić information content (AvgIpc) is 2.30. The highest BCUT2D eigenvalue weighted by Crippen LogP contribution is 2.24. The zero-order chi connectivity index (χ0) is 10.7. The fourth-order valence-electron chi connectivity index (χ4n) is 2.12. The fourth-order valence-corrected chi connectivity index (χ4v) is 2.12. The molecule has 1 saturated heterocycles. The zero-order valence-corrected chi connectivity index (χ0v) is 9.66. The van der Waals surface area contributed by atoms with Crippen LogP contribution in [-0.4, -0.2) is 18.1 Å². The van der Waals surface area contributed by atoms with Gasteiger partial charge >= 0.3 is 0 Å². The zero-order valence-electron chi connectivity index (χ0n) is 9.66. The summed E-state index contributed by atoms with van der Waals surface area (Å²) in [5.41, 5.74) is 2.62. The van der Waals surface area contributed by atoms with Crippen LogP contribution in [0.15, 0.2) is 18.3 Å². The number of hydrogen-bond acceptors (Lipinski definition) is 2. The van der Waals surface area contributed by atoms with E-state index in [0.29, 0.717) is 11.8 Å². The van der Waals surface area contributed by atoms with Crippen molar-refractivity contribution in [3.05, 3.63) is 29.6 Å². The first-order valence-corrected chi connectivity index (χ1v) is 5.94. The normalized spacial score (nSPS) is 18.3. The van der Waals surface area contributed by atoms with Crippen molar-refractivity contribution in [2.45, 2.75) is 38.5 Å². The summed E-state index contributed by atoms with van der Waals surface area (Å²) in [5, 5.41) is 3.39. The van der Waals surface area contributed by atoms with Crippen molar-refractivity contribution in [1.82, 2.24) is 10.3 Å². The monoisotopic (exact) mass is 204 g/mol. The third kappa shape index (κ3) is 2.57. The van der Waals surface area contributed by atoms with Gasteiger partial charge in [-0.1, -0.05) is 19.9 Å². The molecule has 0 aliphatic carbocycles. The Balaban J connectivity index is 2.08. The van der Waals surface area contributed by atoms with E-state index in [0.717, 1.165) is 13.1 Å². The van der Waals surface area contributed by atoms with E-state index in [4.69, 9.17) is 0 Å². The maximum absolute atomic E-state index is 4.60. The molecule has 0 unspecified atom stereocenters. The van der Waals surface area contributed by atoms with Gasteiger partial charge in [0.1, 0.15) is 0 Å². The molecule has 0 bridgehead atoms. The van der Waals surface area contributed by atoms with Crippen LogP contribution in [-0.2, 0) is 0 Å². The van der Waals surface area contributed by atoms with E-state index in [9.17, 15) is 0 Å². The highest BCUT2D eigenvalue weighted by molar-refractivity contribution is 5.19. The van der Waals surface area contributed by atoms with Crippen LogP contribution in [0.25, 0.3) is 0 Å². The third-order valence-electron chi connectivity index (χ3n) is 3.23. The summed E-state index contributed by atoms with van der Waals surface area (Å²) in [6.07, 6.45) is 4.50. The molecule has 2 heteroatoms. The number of piperidine rings is 1. The number of nitrogens with one attached hydrogen (secondary N) is 1. The van der Waals surface area contributed by atoms with Crippen LogP contribution in [0.1, 0.15) is 49.8 Å². The SMILES string of the molecule is CC(C)c1ccc(C2CCNCC2)nc1. The van der Waals surface area contributed by atoms with Gasteiger partial charge in [0.25, 0.3) is 0 Å². The van der Waals surface area contributed by atoms with E-state index in [1.165, 1.54) is 24.1 Å². The number of rotatable bonds is 2. The van der Waals surface area contributed by atoms with Gasteiger partial charge < -0.3 is 5.32 Å². The van der Waals surface area contributed by atoms with Crippen molar-refractivity contribution in [2.24, 2.45) is 0 Å². The Morgan fingerprint density at radius 1 is 1.27 bits per heavy atom. The van der Waals surface area contributed by atoms with Gasteiger partial charge in [-0.25, -0.2) is 0 Å². The molecule has 2 heterocycles. The van der Waals surface area contributed by atoms with Gasteiger partial charge in [-0.2, -0.15) is 0 Å². The lowest BCUT2D eigenvalue weighted by Gasteiger charge is -2.22. The van der Waals surface area contributed by atoms with E-state index in [2.05, 4.69) is 36.3 Å². The van der Waals surface area contributed by atoms with Crippen molar-refractivity contribution >= 4 is 0 Å². The molecule has 0 atom stereocenters. The van der Waals surface area contributed by atoms with Crippen molar-refractivity contribution in [3.8, 4) is 0 Å². The molecular formula is C13H20N2. The largest absolute Gasteiger partial charge is 0.317 e. The molecule has 0 saturated carbocycles. The average molecular weight is 204 g/mol. The summed E-state index contributed by atoms with van der Waals surface area (Å²) < 4.78 is 0. The number of hydrogen-bond donors (Lipinski definition) is 1. The van der Waals surface area contributed by atoms with Gasteiger partial charge in [-0.15, -0.1) is 0 Å². The molecule has 1 N–H and O–H groups in total. The fraction of sp³-hybridized carbons (Fsp3) is 0.615. The molecule has 1 aromatic rings. The minimum Gasteiger partial charge on any atom is -0.317 e. The molecule has 15 heavy (non-hydrogen) atoms. The summed E-state index contributed by atoms with van der Waals surface area (Å²) in [6.45, 7) is 6.69. The molecule has 0 amide bonds. The summed E-state index contributed by atoms with van der Waals surface area (Å²) >= 11 is 0. The Hall–Kier alpha value is -0.890. The molecule has 0 spiro atoms. The minimum absolute atomic E-state index is 0.583. The van der Waals surface area contributed by atoms with Gasteiger partial charge in [0.2, 0.25) is 0 Å². The molecule has 0 aromatic carbocycles. The van der Waals surface area contributed by atoms with E-state index in [-0.39, 0.29) is 0 Å². The maximum Gasteiger partial charge on any atom is 0.0435 e. The number of nitrogens with zero attached hydrogens (tertiary/aromatic N) is 1. The van der Waals surface area contributed by atoms with Crippen molar-refractivity contribution in [3.63, 3.8) is 0 Å². The number of pyridine rings is 1. The van der Waals surface area contributed by atoms with Crippen LogP contribution in [0.2, 0.25) is 0 Å². The lowest BCUT2D eigenvalue weighted by molar-refractivity contribution is 0.453. The lowest BCUT2D eigenvalue weighted by atomic mass is 9.93. The molecule has 82 valence electrons. The Labute approximate surface area is 92.1 Å². The predicted molar refractivity (Wildman–Crippen MR) is 63.2 cm³/mol. The van der Waals surface area contributed by atoms with Crippen LogP contribution in [0.3, 0.4) is 0 Å². The summed E-state index contributed by atoms with van der Waals surface area (Å²) in [4.78, 5) is 4.60. The van der Waals surface area contributed by atoms with Crippen LogP contribution < -0.4 is 5.32 Å². The van der Waals surface area contributed by atoms with Crippen LogP contribution in [0.4, 0.5) is 0 Å². The standard InChI is InChI=1S/C13H20N2/c1-10(2)12-3-4-13(15-9-12)11-5-7-14-8-6-11/h3-4,9-11,14H,5-8H2,1-2H3. The van der Waals surface area contributed by atoms with E-state index >= 15 is 0 Å². The Bertz CT molecular complexity index is 297. The summed E-state index contributed by atoms with van der Waals surface area (Å²) in [7, 11) is 0. The highest BCUT2D eigenvalue weighted by atomic mass is 14.9. The molecule has 2 rings (SSSR count). The topological polar surface area (TPSA) is 24.9 Å². The number of aromatic nitrogens is 1. The molecule has 1 fully saturated rings. The van der Waals surface area contributed by atoms with Crippen molar-refractivity contribution < 1.29 is 0 Å². The first-order chi connectivity index (χ1) is 7.27. The van der Waals surface area contributed by atoms with E-state index in [1.807, 2.05) is 6.20 Å². The smallest absolute Gasteiger partial charge is 0.0435 e. The molecule has 1 aliphatic heterocycles. The second kappa shape index (κ2) is 4.75. The predicted octanol–water partition coefficient (Wildman–Crippen LogP) is 2.67. The Kier molecular flexibility index (Phi) is 3.37. The Morgan fingerprint density at radius 3 is 2.53 bits per heavy atom. The van der Waals surface area contributed by atoms with E-state index in [1.54, 1.807) is 0 Å². The first-order valence-electron chi connectivity index (χ1n) is 5.94. The second-order valence-electron chi connectivity index (χ2n) is 4.70. The van der Waals surface area contributed by atoms with Crippen LogP contribution >= 0.6 is 0 Å². The highest BCUT2D eigenvalue weighted by Gasteiger charge is 2.16. The minimum atomic E-state index is 0.583. The van der Waals surface area contributed by atoms with Crippen molar-refractivity contribution in [1.29, 1.82) is 0 Å². The van der Waals surface area contributed by atoms with Crippen LogP contribution in [0, 0.1) is 0 Å². The molecule has 2 nitrogen and oxygen atoms in total. The van der Waals surface area contributed by atoms with E-state index < -0.39 is 0 Å². The Morgan fingerprint density at radius 2 is 2.00 bits per heavy atom. The third-order valence-corrected chi connectivity index (χ3v) is 3.23. The lowest BCUT2D eigenvalue weighted by Crippen LogP contribution is -2.27. The van der Waals surface area contributed by atoms with Gasteiger partial charge in [0.05, 0.1) is 0 Å². The van der Waals surface area contributed by atoms with Gasteiger partial charge in [-0.05, 0) is 43.5 Å². The van der Waals surface area contributed by atoms with Crippen LogP contribution in [0.5, 0.6) is 0 Å². The molecule has 0 radical (unpaired) electrons. The van der Waals surface area contributed by atoms with Crippen molar-refractivity contribution in [2.75, 3.05) is 13.1 Å². The summed E-state index contributed by atoms with van der Waals surface area (Å²) in [6, 6.07) is 4.44.